The number of hydrogen-bond acceptors (Lipinski definition) is 4. The number of fused-ring (bicyclic) bond motifs is 3. The van der Waals surface area contributed by atoms with Crippen LogP contribution in [0.5, 0.6) is 0 Å². The molecule has 5 nitrogen and oxygen atoms in total. The van der Waals surface area contributed by atoms with Crippen molar-refractivity contribution >= 4 is 22.2 Å². The molecule has 5 heteroatoms. The van der Waals surface area contributed by atoms with E-state index in [0.29, 0.717) is 0 Å². The predicted molar refractivity (Wildman–Crippen MR) is 113 cm³/mol. The van der Waals surface area contributed by atoms with Gasteiger partial charge in [-0.05, 0) is 17.0 Å². The number of nitrogens with zero attached hydrogens (tertiary/aromatic N) is 4. The molecule has 0 unspecified atom stereocenters. The normalized spacial score (nSPS) is 15.4. The summed E-state index contributed by atoms with van der Waals surface area (Å²) in [7, 11) is 0. The summed E-state index contributed by atoms with van der Waals surface area (Å²) < 4.78 is 1.64. The van der Waals surface area contributed by atoms with Gasteiger partial charge in [0.2, 0.25) is 0 Å². The lowest BCUT2D eigenvalue weighted by Crippen LogP contribution is -2.46. The summed E-state index contributed by atoms with van der Waals surface area (Å²) in [6.45, 7) is 4.64. The number of piperazine rings is 1. The van der Waals surface area contributed by atoms with Crippen molar-refractivity contribution in [2.75, 3.05) is 31.1 Å². The van der Waals surface area contributed by atoms with Crippen LogP contribution in [0, 0.1) is 0 Å². The molecular weight excluding hydrogens is 348 g/mol. The Hall–Kier alpha value is -3.18. The number of aromatic nitrogens is 2. The highest BCUT2D eigenvalue weighted by Crippen LogP contribution is 2.20. The second-order valence-electron chi connectivity index (χ2n) is 7.30. The zero-order valence-electron chi connectivity index (χ0n) is 15.7. The van der Waals surface area contributed by atoms with E-state index in [1.165, 1.54) is 5.56 Å². The Bertz CT molecular complexity index is 1180. The van der Waals surface area contributed by atoms with Gasteiger partial charge in [0.05, 0.1) is 0 Å². The number of rotatable bonds is 3. The molecule has 28 heavy (non-hydrogen) atoms. The van der Waals surface area contributed by atoms with Gasteiger partial charge in [0.25, 0.3) is 5.56 Å². The molecule has 1 fully saturated rings. The van der Waals surface area contributed by atoms with Gasteiger partial charge in [-0.15, -0.1) is 0 Å². The standard InChI is InChI=1S/C23H22N4O/c28-22-16-21(24-23-20-9-5-4-8-19(20)10-11-27(22)23)26-14-12-25(13-15-26)17-18-6-2-1-3-7-18/h1-11,16H,12-15,17H2. The average Bonchev–Trinajstić information content (AvgIpc) is 2.75. The number of anilines is 1. The molecule has 0 spiro atoms. The van der Waals surface area contributed by atoms with Crippen LogP contribution < -0.4 is 10.5 Å². The second-order valence-corrected chi connectivity index (χ2v) is 7.30. The van der Waals surface area contributed by atoms with Gasteiger partial charge in [0, 0.05) is 50.4 Å². The first-order valence-corrected chi connectivity index (χ1v) is 9.70. The molecule has 0 radical (unpaired) electrons. The molecule has 3 heterocycles. The molecule has 0 N–H and O–H groups in total. The Balaban J connectivity index is 1.41. The summed E-state index contributed by atoms with van der Waals surface area (Å²) in [6, 6.07) is 22.3. The van der Waals surface area contributed by atoms with Crippen LogP contribution >= 0.6 is 0 Å². The van der Waals surface area contributed by atoms with E-state index in [9.17, 15) is 4.79 Å². The van der Waals surface area contributed by atoms with Gasteiger partial charge < -0.3 is 4.90 Å². The minimum atomic E-state index is -0.0301. The summed E-state index contributed by atoms with van der Waals surface area (Å²) in [5.41, 5.74) is 2.04. The molecule has 1 saturated heterocycles. The topological polar surface area (TPSA) is 40.9 Å². The smallest absolute Gasteiger partial charge is 0.259 e. The van der Waals surface area contributed by atoms with E-state index in [-0.39, 0.29) is 5.56 Å². The molecule has 140 valence electrons. The summed E-state index contributed by atoms with van der Waals surface area (Å²) in [5, 5.41) is 2.10. The first-order valence-electron chi connectivity index (χ1n) is 9.70. The number of benzene rings is 2. The Labute approximate surface area is 163 Å². The van der Waals surface area contributed by atoms with Gasteiger partial charge in [-0.1, -0.05) is 54.6 Å². The van der Waals surface area contributed by atoms with Crippen LogP contribution in [-0.2, 0) is 6.54 Å². The quantitative estimate of drug-likeness (QED) is 0.520. The zero-order valence-corrected chi connectivity index (χ0v) is 15.7. The molecule has 0 saturated carbocycles. The van der Waals surface area contributed by atoms with E-state index in [0.717, 1.165) is 55.0 Å². The van der Waals surface area contributed by atoms with Crippen LogP contribution in [0.4, 0.5) is 5.82 Å². The highest BCUT2D eigenvalue weighted by atomic mass is 16.1. The largest absolute Gasteiger partial charge is 0.354 e. The minimum Gasteiger partial charge on any atom is -0.354 e. The molecular formula is C23H22N4O. The van der Waals surface area contributed by atoms with Gasteiger partial charge in [0.1, 0.15) is 11.5 Å². The van der Waals surface area contributed by atoms with Gasteiger partial charge in [0.15, 0.2) is 0 Å². The summed E-state index contributed by atoms with van der Waals surface area (Å²) in [5.74, 6) is 0.778. The molecule has 1 aliphatic heterocycles. The third-order valence-corrected chi connectivity index (χ3v) is 5.49. The highest BCUT2D eigenvalue weighted by molar-refractivity contribution is 5.94. The van der Waals surface area contributed by atoms with Crippen molar-refractivity contribution in [2.24, 2.45) is 0 Å². The van der Waals surface area contributed by atoms with Crippen molar-refractivity contribution < 1.29 is 0 Å². The molecule has 2 aromatic carbocycles. The van der Waals surface area contributed by atoms with E-state index >= 15 is 0 Å². The molecule has 2 aromatic heterocycles. The second kappa shape index (κ2) is 7.09. The Morgan fingerprint density at radius 2 is 1.61 bits per heavy atom. The van der Waals surface area contributed by atoms with Crippen molar-refractivity contribution in [2.45, 2.75) is 6.54 Å². The number of hydrogen-bond donors (Lipinski definition) is 0. The maximum absolute atomic E-state index is 12.7. The molecule has 5 rings (SSSR count). The monoisotopic (exact) mass is 370 g/mol. The van der Waals surface area contributed by atoms with E-state index in [4.69, 9.17) is 4.98 Å². The van der Waals surface area contributed by atoms with E-state index in [1.54, 1.807) is 10.5 Å². The molecule has 0 amide bonds. The first-order chi connectivity index (χ1) is 13.8. The van der Waals surface area contributed by atoms with Crippen molar-refractivity contribution in [3.63, 3.8) is 0 Å². The summed E-state index contributed by atoms with van der Waals surface area (Å²) >= 11 is 0. The average molecular weight is 370 g/mol. The predicted octanol–water partition coefficient (Wildman–Crippen LogP) is 3.17. The van der Waals surface area contributed by atoms with Crippen LogP contribution in [0.3, 0.4) is 0 Å². The Morgan fingerprint density at radius 1 is 0.857 bits per heavy atom. The Morgan fingerprint density at radius 3 is 2.43 bits per heavy atom. The molecule has 0 bridgehead atoms. The van der Waals surface area contributed by atoms with E-state index in [1.807, 2.05) is 30.5 Å². The molecule has 0 atom stereocenters. The first kappa shape index (κ1) is 17.0. The number of pyridine rings is 1. The van der Waals surface area contributed by atoms with Crippen LogP contribution in [0.25, 0.3) is 16.4 Å². The van der Waals surface area contributed by atoms with E-state index in [2.05, 4.69) is 46.2 Å². The fourth-order valence-corrected chi connectivity index (χ4v) is 3.95. The molecule has 0 aliphatic carbocycles. The van der Waals surface area contributed by atoms with Gasteiger partial charge >= 0.3 is 0 Å². The SMILES string of the molecule is O=c1cc(N2CCN(Cc3ccccc3)CC2)nc2c3ccccc3ccn12. The van der Waals surface area contributed by atoms with Crippen LogP contribution in [0.1, 0.15) is 5.56 Å². The lowest BCUT2D eigenvalue weighted by atomic mass is 10.1. The van der Waals surface area contributed by atoms with Crippen molar-refractivity contribution in [1.82, 2.24) is 14.3 Å². The maximum Gasteiger partial charge on any atom is 0.259 e. The van der Waals surface area contributed by atoms with Crippen LogP contribution in [-0.4, -0.2) is 40.5 Å². The third kappa shape index (κ3) is 3.14. The van der Waals surface area contributed by atoms with E-state index < -0.39 is 0 Å². The van der Waals surface area contributed by atoms with Crippen molar-refractivity contribution in [1.29, 1.82) is 0 Å². The maximum atomic E-state index is 12.7. The van der Waals surface area contributed by atoms with Crippen LogP contribution in [0.2, 0.25) is 0 Å². The third-order valence-electron chi connectivity index (χ3n) is 5.49. The van der Waals surface area contributed by atoms with Crippen molar-refractivity contribution in [3.8, 4) is 0 Å². The lowest BCUT2D eigenvalue weighted by molar-refractivity contribution is 0.249. The minimum absolute atomic E-state index is 0.0301. The summed E-state index contributed by atoms with van der Waals surface area (Å²) in [4.78, 5) is 22.2. The Kier molecular flexibility index (Phi) is 4.29. The fraction of sp³-hybridized carbons (Fsp3) is 0.217. The van der Waals surface area contributed by atoms with Crippen molar-refractivity contribution in [3.05, 3.63) is 88.8 Å². The zero-order chi connectivity index (χ0) is 18.9. The fourth-order valence-electron chi connectivity index (χ4n) is 3.95. The van der Waals surface area contributed by atoms with Gasteiger partial charge in [-0.25, -0.2) is 4.98 Å². The highest BCUT2D eigenvalue weighted by Gasteiger charge is 2.19. The molecule has 1 aliphatic rings. The van der Waals surface area contributed by atoms with Gasteiger partial charge in [-0.2, -0.15) is 0 Å². The van der Waals surface area contributed by atoms with Crippen LogP contribution in [0.15, 0.2) is 77.7 Å². The summed E-state index contributed by atoms with van der Waals surface area (Å²) in [6.07, 6.45) is 1.81. The van der Waals surface area contributed by atoms with Gasteiger partial charge in [-0.3, -0.25) is 14.1 Å². The molecule has 4 aromatic rings. The lowest BCUT2D eigenvalue weighted by Gasteiger charge is -2.35.